The van der Waals surface area contributed by atoms with E-state index in [-0.39, 0.29) is 11.8 Å². The minimum atomic E-state index is -0.690. The van der Waals surface area contributed by atoms with E-state index < -0.39 is 5.54 Å². The SMILES string of the molecule is CC1(C2CC2)NC(=O)CCN(CCc2ccccc2)C1=O. The Morgan fingerprint density at radius 1 is 1.24 bits per heavy atom. The molecule has 1 aromatic rings. The molecule has 112 valence electrons. The molecule has 2 fully saturated rings. The number of benzene rings is 1. The number of nitrogens with one attached hydrogen (secondary N) is 1. The quantitative estimate of drug-likeness (QED) is 0.916. The molecule has 4 heteroatoms. The molecular formula is C17H22N2O2. The van der Waals surface area contributed by atoms with Gasteiger partial charge >= 0.3 is 0 Å². The second-order valence-electron chi connectivity index (χ2n) is 6.30. The van der Waals surface area contributed by atoms with Gasteiger partial charge in [-0.2, -0.15) is 0 Å². The molecule has 1 N–H and O–H groups in total. The van der Waals surface area contributed by atoms with Gasteiger partial charge in [-0.05, 0) is 37.7 Å². The summed E-state index contributed by atoms with van der Waals surface area (Å²) in [5.41, 5.74) is 0.534. The van der Waals surface area contributed by atoms with Crippen molar-refractivity contribution in [2.45, 2.75) is 38.1 Å². The van der Waals surface area contributed by atoms with Crippen LogP contribution in [0.3, 0.4) is 0 Å². The smallest absolute Gasteiger partial charge is 0.248 e. The topological polar surface area (TPSA) is 49.4 Å². The third kappa shape index (κ3) is 2.94. The summed E-state index contributed by atoms with van der Waals surface area (Å²) in [7, 11) is 0. The van der Waals surface area contributed by atoms with Crippen LogP contribution in [0, 0.1) is 5.92 Å². The number of hydrogen-bond donors (Lipinski definition) is 1. The first-order valence-electron chi connectivity index (χ1n) is 7.74. The van der Waals surface area contributed by atoms with Gasteiger partial charge in [0, 0.05) is 19.5 Å². The van der Waals surface area contributed by atoms with Crippen molar-refractivity contribution in [3.05, 3.63) is 35.9 Å². The number of carbonyl (C=O) groups is 2. The largest absolute Gasteiger partial charge is 0.342 e. The summed E-state index contributed by atoms with van der Waals surface area (Å²) in [5, 5.41) is 2.96. The first kappa shape index (κ1) is 14.1. The highest BCUT2D eigenvalue weighted by Gasteiger charge is 2.50. The molecule has 1 aromatic carbocycles. The molecule has 2 aliphatic rings. The number of amides is 2. The maximum atomic E-state index is 12.8. The van der Waals surface area contributed by atoms with Crippen molar-refractivity contribution in [3.8, 4) is 0 Å². The van der Waals surface area contributed by atoms with E-state index in [9.17, 15) is 9.59 Å². The summed E-state index contributed by atoms with van der Waals surface area (Å²) in [5.74, 6) is 0.401. The van der Waals surface area contributed by atoms with Crippen LogP contribution < -0.4 is 5.32 Å². The van der Waals surface area contributed by atoms with Gasteiger partial charge in [-0.25, -0.2) is 0 Å². The van der Waals surface area contributed by atoms with E-state index in [1.807, 2.05) is 30.0 Å². The van der Waals surface area contributed by atoms with Crippen LogP contribution in [0.2, 0.25) is 0 Å². The molecule has 1 heterocycles. The number of nitrogens with zero attached hydrogens (tertiary/aromatic N) is 1. The van der Waals surface area contributed by atoms with Gasteiger partial charge in [0.2, 0.25) is 11.8 Å². The molecule has 21 heavy (non-hydrogen) atoms. The van der Waals surface area contributed by atoms with Crippen LogP contribution >= 0.6 is 0 Å². The Bertz CT molecular complexity index is 539. The van der Waals surface area contributed by atoms with Crippen LogP contribution in [-0.2, 0) is 16.0 Å². The lowest BCUT2D eigenvalue weighted by molar-refractivity contribution is -0.139. The van der Waals surface area contributed by atoms with Gasteiger partial charge < -0.3 is 10.2 Å². The highest BCUT2D eigenvalue weighted by atomic mass is 16.2. The molecular weight excluding hydrogens is 264 g/mol. The van der Waals surface area contributed by atoms with E-state index >= 15 is 0 Å². The van der Waals surface area contributed by atoms with Gasteiger partial charge in [0.25, 0.3) is 0 Å². The standard InChI is InChI=1S/C17H22N2O2/c1-17(14-7-8-14)16(21)19(12-10-15(20)18-17)11-9-13-5-3-2-4-6-13/h2-6,14H,7-12H2,1H3,(H,18,20). The second kappa shape index (κ2) is 5.51. The van der Waals surface area contributed by atoms with Crippen molar-refractivity contribution in [2.75, 3.05) is 13.1 Å². The average molecular weight is 286 g/mol. The Morgan fingerprint density at radius 2 is 1.95 bits per heavy atom. The number of carbonyl (C=O) groups excluding carboxylic acids is 2. The molecule has 0 aromatic heterocycles. The first-order valence-corrected chi connectivity index (χ1v) is 7.74. The molecule has 0 spiro atoms. The van der Waals surface area contributed by atoms with Gasteiger partial charge in [-0.1, -0.05) is 30.3 Å². The fraction of sp³-hybridized carbons (Fsp3) is 0.529. The van der Waals surface area contributed by atoms with Crippen LogP contribution in [-0.4, -0.2) is 35.3 Å². The van der Waals surface area contributed by atoms with Crippen LogP contribution in [0.5, 0.6) is 0 Å². The predicted molar refractivity (Wildman–Crippen MR) is 80.6 cm³/mol. The molecule has 0 bridgehead atoms. The van der Waals surface area contributed by atoms with Crippen molar-refractivity contribution in [1.82, 2.24) is 10.2 Å². The predicted octanol–water partition coefficient (Wildman–Crippen LogP) is 1.75. The van der Waals surface area contributed by atoms with Crippen LogP contribution in [0.1, 0.15) is 31.7 Å². The fourth-order valence-corrected chi connectivity index (χ4v) is 3.13. The molecule has 1 saturated carbocycles. The van der Waals surface area contributed by atoms with Gasteiger partial charge in [0.05, 0.1) is 0 Å². The van der Waals surface area contributed by atoms with E-state index in [1.165, 1.54) is 5.56 Å². The maximum Gasteiger partial charge on any atom is 0.248 e. The summed E-state index contributed by atoms with van der Waals surface area (Å²) in [6.45, 7) is 3.10. The lowest BCUT2D eigenvalue weighted by atomic mass is 9.94. The highest BCUT2D eigenvalue weighted by molar-refractivity contribution is 5.93. The zero-order valence-corrected chi connectivity index (χ0v) is 12.5. The van der Waals surface area contributed by atoms with Crippen LogP contribution in [0.25, 0.3) is 0 Å². The molecule has 1 aliphatic heterocycles. The maximum absolute atomic E-state index is 12.8. The lowest BCUT2D eigenvalue weighted by Crippen LogP contribution is -2.56. The van der Waals surface area contributed by atoms with Crippen molar-refractivity contribution >= 4 is 11.8 Å². The Balaban J connectivity index is 1.71. The molecule has 4 nitrogen and oxygen atoms in total. The molecule has 1 unspecified atom stereocenters. The summed E-state index contributed by atoms with van der Waals surface area (Å²) < 4.78 is 0. The fourth-order valence-electron chi connectivity index (χ4n) is 3.13. The minimum absolute atomic E-state index is 0.0000360. The van der Waals surface area contributed by atoms with Gasteiger partial charge in [-0.3, -0.25) is 9.59 Å². The number of hydrogen-bond acceptors (Lipinski definition) is 2. The first-order chi connectivity index (χ1) is 10.1. The molecule has 1 aliphatic carbocycles. The van der Waals surface area contributed by atoms with Crippen molar-refractivity contribution in [1.29, 1.82) is 0 Å². The average Bonchev–Trinajstić information content (AvgIpc) is 3.32. The van der Waals surface area contributed by atoms with Gasteiger partial charge in [0.15, 0.2) is 0 Å². The summed E-state index contributed by atoms with van der Waals surface area (Å²) in [4.78, 5) is 26.6. The van der Waals surface area contributed by atoms with Gasteiger partial charge in [0.1, 0.15) is 5.54 Å². The Morgan fingerprint density at radius 3 is 2.62 bits per heavy atom. The Hall–Kier alpha value is -1.84. The number of rotatable bonds is 4. The van der Waals surface area contributed by atoms with E-state index in [4.69, 9.17) is 0 Å². The minimum Gasteiger partial charge on any atom is -0.342 e. The molecule has 1 atom stereocenters. The third-order valence-electron chi connectivity index (χ3n) is 4.65. The van der Waals surface area contributed by atoms with Crippen molar-refractivity contribution in [3.63, 3.8) is 0 Å². The van der Waals surface area contributed by atoms with Crippen LogP contribution in [0.15, 0.2) is 30.3 Å². The zero-order chi connectivity index (χ0) is 14.9. The van der Waals surface area contributed by atoms with Crippen molar-refractivity contribution < 1.29 is 9.59 Å². The molecule has 2 amide bonds. The van der Waals surface area contributed by atoms with Crippen molar-refractivity contribution in [2.24, 2.45) is 5.92 Å². The normalized spacial score (nSPS) is 26.4. The molecule has 1 saturated heterocycles. The second-order valence-corrected chi connectivity index (χ2v) is 6.30. The summed E-state index contributed by atoms with van der Waals surface area (Å²) in [6.07, 6.45) is 3.31. The van der Waals surface area contributed by atoms with Crippen LogP contribution in [0.4, 0.5) is 0 Å². The summed E-state index contributed by atoms with van der Waals surface area (Å²) >= 11 is 0. The Kier molecular flexibility index (Phi) is 3.70. The third-order valence-corrected chi connectivity index (χ3v) is 4.65. The van der Waals surface area contributed by atoms with E-state index in [0.717, 1.165) is 19.3 Å². The molecule has 3 rings (SSSR count). The van der Waals surface area contributed by atoms with E-state index in [1.54, 1.807) is 0 Å². The summed E-state index contributed by atoms with van der Waals surface area (Å²) in [6, 6.07) is 10.2. The van der Waals surface area contributed by atoms with E-state index in [0.29, 0.717) is 25.4 Å². The lowest BCUT2D eigenvalue weighted by Gasteiger charge is -2.32. The Labute approximate surface area is 125 Å². The zero-order valence-electron chi connectivity index (χ0n) is 12.5. The van der Waals surface area contributed by atoms with Gasteiger partial charge in [-0.15, -0.1) is 0 Å². The monoisotopic (exact) mass is 286 g/mol. The molecule has 0 radical (unpaired) electrons. The van der Waals surface area contributed by atoms with E-state index in [2.05, 4.69) is 17.4 Å². The highest BCUT2D eigenvalue weighted by Crippen LogP contribution is 2.41.